The highest BCUT2D eigenvalue weighted by atomic mass is 16.5. The predicted molar refractivity (Wildman–Crippen MR) is 66.7 cm³/mol. The molecule has 0 aromatic carbocycles. The number of aliphatic hydroxyl groups excluding tert-OH is 1. The van der Waals surface area contributed by atoms with E-state index in [0.717, 1.165) is 19.3 Å². The quantitative estimate of drug-likeness (QED) is 0.767. The van der Waals surface area contributed by atoms with Crippen LogP contribution in [0.2, 0.25) is 0 Å². The van der Waals surface area contributed by atoms with E-state index in [9.17, 15) is 4.79 Å². The lowest BCUT2D eigenvalue weighted by Crippen LogP contribution is -2.46. The van der Waals surface area contributed by atoms with Crippen molar-refractivity contribution in [1.29, 1.82) is 0 Å². The van der Waals surface area contributed by atoms with Gasteiger partial charge in [0.2, 0.25) is 5.91 Å². The summed E-state index contributed by atoms with van der Waals surface area (Å²) in [5.74, 6) is 0.125. The summed E-state index contributed by atoms with van der Waals surface area (Å²) in [6.07, 6.45) is 2.69. The molecule has 1 aliphatic rings. The van der Waals surface area contributed by atoms with Crippen molar-refractivity contribution in [3.8, 4) is 0 Å². The van der Waals surface area contributed by atoms with Crippen molar-refractivity contribution in [2.24, 2.45) is 5.92 Å². The van der Waals surface area contributed by atoms with E-state index in [-0.39, 0.29) is 30.6 Å². The van der Waals surface area contributed by atoms with Crippen LogP contribution < -0.4 is 0 Å². The molecule has 0 aromatic rings. The molecule has 4 heteroatoms. The van der Waals surface area contributed by atoms with Crippen LogP contribution in [0.25, 0.3) is 0 Å². The lowest BCUT2D eigenvalue weighted by atomic mass is 9.99. The van der Waals surface area contributed by atoms with Crippen molar-refractivity contribution >= 4 is 5.91 Å². The van der Waals surface area contributed by atoms with Gasteiger partial charge in [0.15, 0.2) is 0 Å². The van der Waals surface area contributed by atoms with Gasteiger partial charge in [-0.1, -0.05) is 13.8 Å². The molecule has 1 amide bonds. The van der Waals surface area contributed by atoms with Gasteiger partial charge in [-0.2, -0.15) is 0 Å². The first-order chi connectivity index (χ1) is 8.15. The normalized spacial score (nSPS) is 24.3. The molecule has 17 heavy (non-hydrogen) atoms. The van der Waals surface area contributed by atoms with Gasteiger partial charge in [-0.15, -0.1) is 0 Å². The van der Waals surface area contributed by atoms with Gasteiger partial charge in [0.05, 0.1) is 18.6 Å². The summed E-state index contributed by atoms with van der Waals surface area (Å²) in [7, 11) is 0. The van der Waals surface area contributed by atoms with E-state index in [1.807, 2.05) is 11.8 Å². The fourth-order valence-corrected chi connectivity index (χ4v) is 2.58. The van der Waals surface area contributed by atoms with E-state index >= 15 is 0 Å². The van der Waals surface area contributed by atoms with E-state index in [1.54, 1.807) is 0 Å². The molecule has 2 unspecified atom stereocenters. The number of ether oxygens (including phenoxy) is 1. The molecule has 100 valence electrons. The van der Waals surface area contributed by atoms with Crippen molar-refractivity contribution in [3.05, 3.63) is 0 Å². The van der Waals surface area contributed by atoms with Crippen LogP contribution in [0.1, 0.15) is 40.0 Å². The molecule has 0 saturated carbocycles. The van der Waals surface area contributed by atoms with E-state index in [0.29, 0.717) is 13.2 Å². The minimum Gasteiger partial charge on any atom is -0.395 e. The van der Waals surface area contributed by atoms with Gasteiger partial charge in [0.25, 0.3) is 0 Å². The monoisotopic (exact) mass is 243 g/mol. The summed E-state index contributed by atoms with van der Waals surface area (Å²) < 4.78 is 5.45. The standard InChI is InChI=1S/C13H25NO3/c1-4-11(5-2)14(7-8-15)13(16)12-6-9-17-10(12)3/h10-12,15H,4-9H2,1-3H3. The van der Waals surface area contributed by atoms with Crippen molar-refractivity contribution < 1.29 is 14.6 Å². The number of carbonyl (C=O) groups is 1. The number of aliphatic hydroxyl groups is 1. The summed E-state index contributed by atoms with van der Waals surface area (Å²) in [6.45, 7) is 7.27. The topological polar surface area (TPSA) is 49.8 Å². The molecule has 2 atom stereocenters. The third-order valence-corrected chi connectivity index (χ3v) is 3.70. The van der Waals surface area contributed by atoms with Crippen LogP contribution >= 0.6 is 0 Å². The zero-order valence-corrected chi connectivity index (χ0v) is 11.2. The van der Waals surface area contributed by atoms with Crippen molar-refractivity contribution in [3.63, 3.8) is 0 Å². The zero-order valence-electron chi connectivity index (χ0n) is 11.2. The number of nitrogens with zero attached hydrogens (tertiary/aromatic N) is 1. The Morgan fingerprint density at radius 1 is 1.47 bits per heavy atom. The maximum absolute atomic E-state index is 12.4. The Kier molecular flexibility index (Phi) is 5.92. The summed E-state index contributed by atoms with van der Waals surface area (Å²) in [5.41, 5.74) is 0. The molecule has 1 N–H and O–H groups in total. The Hall–Kier alpha value is -0.610. The number of hydrogen-bond donors (Lipinski definition) is 1. The summed E-state index contributed by atoms with van der Waals surface area (Å²) >= 11 is 0. The molecule has 1 rings (SSSR count). The smallest absolute Gasteiger partial charge is 0.228 e. The molecule has 1 heterocycles. The fourth-order valence-electron chi connectivity index (χ4n) is 2.58. The largest absolute Gasteiger partial charge is 0.395 e. The van der Waals surface area contributed by atoms with Gasteiger partial charge in [-0.05, 0) is 26.2 Å². The van der Waals surface area contributed by atoms with Gasteiger partial charge >= 0.3 is 0 Å². The Balaban J connectivity index is 2.71. The maximum Gasteiger partial charge on any atom is 0.228 e. The van der Waals surface area contributed by atoms with E-state index in [1.165, 1.54) is 0 Å². The first-order valence-electron chi connectivity index (χ1n) is 6.68. The van der Waals surface area contributed by atoms with Crippen molar-refractivity contribution in [1.82, 2.24) is 4.90 Å². The van der Waals surface area contributed by atoms with Crippen LogP contribution in [0.15, 0.2) is 0 Å². The fraction of sp³-hybridized carbons (Fsp3) is 0.923. The first kappa shape index (κ1) is 14.5. The highest BCUT2D eigenvalue weighted by Crippen LogP contribution is 2.24. The number of amides is 1. The highest BCUT2D eigenvalue weighted by molar-refractivity contribution is 5.80. The van der Waals surface area contributed by atoms with Crippen molar-refractivity contribution in [2.75, 3.05) is 19.8 Å². The molecule has 0 bridgehead atoms. The summed E-state index contributed by atoms with van der Waals surface area (Å²) in [6, 6.07) is 0.238. The third kappa shape index (κ3) is 3.42. The molecule has 0 radical (unpaired) electrons. The average Bonchev–Trinajstić information content (AvgIpc) is 2.75. The van der Waals surface area contributed by atoms with Gasteiger partial charge in [0, 0.05) is 19.2 Å². The third-order valence-electron chi connectivity index (χ3n) is 3.70. The van der Waals surface area contributed by atoms with Gasteiger partial charge < -0.3 is 14.7 Å². The minimum atomic E-state index is -0.0258. The lowest BCUT2D eigenvalue weighted by Gasteiger charge is -2.32. The lowest BCUT2D eigenvalue weighted by molar-refractivity contribution is -0.140. The molecular weight excluding hydrogens is 218 g/mol. The SMILES string of the molecule is CCC(CC)N(CCO)C(=O)C1CCOC1C. The maximum atomic E-state index is 12.4. The van der Waals surface area contributed by atoms with Crippen LogP contribution in [0, 0.1) is 5.92 Å². The van der Waals surface area contributed by atoms with Crippen LogP contribution in [0.5, 0.6) is 0 Å². The van der Waals surface area contributed by atoms with Crippen LogP contribution in [-0.2, 0) is 9.53 Å². The molecule has 1 aliphatic heterocycles. The predicted octanol–water partition coefficient (Wildman–Crippen LogP) is 1.42. The van der Waals surface area contributed by atoms with E-state index < -0.39 is 0 Å². The van der Waals surface area contributed by atoms with Crippen LogP contribution in [-0.4, -0.2) is 47.8 Å². The molecule has 4 nitrogen and oxygen atoms in total. The van der Waals surface area contributed by atoms with Crippen LogP contribution in [0.3, 0.4) is 0 Å². The number of rotatable bonds is 6. The molecule has 0 spiro atoms. The second-order valence-corrected chi connectivity index (χ2v) is 4.70. The second-order valence-electron chi connectivity index (χ2n) is 4.70. The van der Waals surface area contributed by atoms with Crippen molar-refractivity contribution in [2.45, 2.75) is 52.2 Å². The van der Waals surface area contributed by atoms with Gasteiger partial charge in [0.1, 0.15) is 0 Å². The minimum absolute atomic E-state index is 0.0121. The molecular formula is C13H25NO3. The Labute approximate surface area is 104 Å². The Bertz CT molecular complexity index is 241. The summed E-state index contributed by atoms with van der Waals surface area (Å²) in [4.78, 5) is 14.3. The molecule has 1 fully saturated rings. The van der Waals surface area contributed by atoms with Gasteiger partial charge in [-0.25, -0.2) is 0 Å². The number of carbonyl (C=O) groups excluding carboxylic acids is 1. The van der Waals surface area contributed by atoms with Gasteiger partial charge in [-0.3, -0.25) is 4.79 Å². The van der Waals surface area contributed by atoms with E-state index in [2.05, 4.69) is 13.8 Å². The molecule has 0 aliphatic carbocycles. The highest BCUT2D eigenvalue weighted by Gasteiger charge is 2.35. The summed E-state index contributed by atoms with van der Waals surface area (Å²) in [5, 5.41) is 9.11. The zero-order chi connectivity index (χ0) is 12.8. The molecule has 1 saturated heterocycles. The first-order valence-corrected chi connectivity index (χ1v) is 6.68. The number of hydrogen-bond acceptors (Lipinski definition) is 3. The van der Waals surface area contributed by atoms with Crippen LogP contribution in [0.4, 0.5) is 0 Å². The Morgan fingerprint density at radius 2 is 2.12 bits per heavy atom. The van der Waals surface area contributed by atoms with E-state index in [4.69, 9.17) is 9.84 Å². The molecule has 0 aromatic heterocycles. The second kappa shape index (κ2) is 6.97. The Morgan fingerprint density at radius 3 is 2.53 bits per heavy atom. The average molecular weight is 243 g/mol.